The van der Waals surface area contributed by atoms with Gasteiger partial charge >= 0.3 is 0 Å². The Kier molecular flexibility index (Phi) is 8.24. The molecule has 9 rings (SSSR count). The van der Waals surface area contributed by atoms with Crippen LogP contribution >= 0.6 is 0 Å². The summed E-state index contributed by atoms with van der Waals surface area (Å²) in [6, 6.07) is 78.4. The van der Waals surface area contributed by atoms with Crippen molar-refractivity contribution in [1.29, 1.82) is 0 Å². The van der Waals surface area contributed by atoms with Crippen LogP contribution in [0.15, 0.2) is 218 Å². The minimum Gasteiger partial charge on any atom is -0.311 e. The first-order chi connectivity index (χ1) is 25.8. The Balaban J connectivity index is 1.33. The number of para-hydroxylation sites is 3. The number of rotatable bonds is 8. The summed E-state index contributed by atoms with van der Waals surface area (Å²) in [4.78, 5) is 4.75. The van der Waals surface area contributed by atoms with Crippen molar-refractivity contribution in [3.63, 3.8) is 0 Å². The van der Waals surface area contributed by atoms with Crippen molar-refractivity contribution in [3.05, 3.63) is 218 Å². The Morgan fingerprint density at radius 3 is 1.17 bits per heavy atom. The molecule has 0 saturated carbocycles. The highest BCUT2D eigenvalue weighted by Gasteiger charge is 2.25. The molecule has 0 aliphatic rings. The van der Waals surface area contributed by atoms with Crippen molar-refractivity contribution in [2.45, 2.75) is 0 Å². The maximum atomic E-state index is 2.44. The van der Waals surface area contributed by atoms with E-state index < -0.39 is 0 Å². The van der Waals surface area contributed by atoms with E-state index in [9.17, 15) is 0 Å². The summed E-state index contributed by atoms with van der Waals surface area (Å²) in [7, 11) is 0. The third-order valence-electron chi connectivity index (χ3n) is 9.76. The summed E-state index contributed by atoms with van der Waals surface area (Å²) in [5, 5.41) is 4.89. The van der Waals surface area contributed by atoms with Crippen LogP contribution < -0.4 is 9.80 Å². The van der Waals surface area contributed by atoms with Crippen molar-refractivity contribution in [2.24, 2.45) is 0 Å². The third-order valence-corrected chi connectivity index (χ3v) is 9.76. The number of anilines is 6. The lowest BCUT2D eigenvalue weighted by molar-refractivity contribution is 1.26. The van der Waals surface area contributed by atoms with Gasteiger partial charge in [0.25, 0.3) is 0 Å². The quantitative estimate of drug-likeness (QED) is 0.149. The average Bonchev–Trinajstić information content (AvgIpc) is 3.22. The lowest BCUT2D eigenvalue weighted by Crippen LogP contribution is -2.14. The number of hydrogen-bond acceptors (Lipinski definition) is 2. The zero-order valence-electron chi connectivity index (χ0n) is 28.7. The van der Waals surface area contributed by atoms with E-state index in [2.05, 4.69) is 228 Å². The van der Waals surface area contributed by atoms with Crippen LogP contribution in [-0.2, 0) is 0 Å². The Morgan fingerprint density at radius 2 is 0.654 bits per heavy atom. The van der Waals surface area contributed by atoms with Gasteiger partial charge in [-0.2, -0.15) is 0 Å². The van der Waals surface area contributed by atoms with Crippen LogP contribution in [0.4, 0.5) is 34.1 Å². The second kappa shape index (κ2) is 13.8. The first-order valence-corrected chi connectivity index (χ1v) is 17.8. The van der Waals surface area contributed by atoms with Gasteiger partial charge in [0.05, 0.1) is 5.69 Å². The molecule has 0 amide bonds. The Labute approximate surface area is 305 Å². The molecule has 2 nitrogen and oxygen atoms in total. The molecular formula is C50H36N2. The highest BCUT2D eigenvalue weighted by atomic mass is 15.2. The molecule has 9 aromatic rings. The van der Waals surface area contributed by atoms with Gasteiger partial charge in [0.1, 0.15) is 0 Å². The number of nitrogens with zero attached hydrogens (tertiary/aromatic N) is 2. The normalized spacial score (nSPS) is 11.1. The Morgan fingerprint density at radius 1 is 0.269 bits per heavy atom. The molecule has 0 aromatic heterocycles. The molecule has 246 valence electrons. The van der Waals surface area contributed by atoms with E-state index in [1.807, 2.05) is 0 Å². The van der Waals surface area contributed by atoms with E-state index in [1.165, 1.54) is 43.8 Å². The predicted octanol–water partition coefficient (Wildman–Crippen LogP) is 14.3. The number of benzene rings is 9. The zero-order valence-corrected chi connectivity index (χ0v) is 28.7. The molecule has 0 bridgehead atoms. The van der Waals surface area contributed by atoms with Crippen LogP contribution in [-0.4, -0.2) is 0 Å². The second-order valence-corrected chi connectivity index (χ2v) is 13.0. The van der Waals surface area contributed by atoms with E-state index in [-0.39, 0.29) is 0 Å². The molecule has 52 heavy (non-hydrogen) atoms. The molecule has 0 unspecified atom stereocenters. The van der Waals surface area contributed by atoms with Gasteiger partial charge in [-0.1, -0.05) is 140 Å². The van der Waals surface area contributed by atoms with Crippen LogP contribution in [0.25, 0.3) is 43.8 Å². The number of fused-ring (bicyclic) bond motifs is 2. The van der Waals surface area contributed by atoms with Gasteiger partial charge in [-0.15, -0.1) is 0 Å². The molecule has 0 spiro atoms. The fraction of sp³-hybridized carbons (Fsp3) is 0. The van der Waals surface area contributed by atoms with E-state index in [1.54, 1.807) is 0 Å². The van der Waals surface area contributed by atoms with Gasteiger partial charge in [-0.25, -0.2) is 0 Å². The van der Waals surface area contributed by atoms with Crippen LogP contribution in [0.3, 0.4) is 0 Å². The Bertz CT molecular complexity index is 2550. The molecule has 0 fully saturated rings. The van der Waals surface area contributed by atoms with Crippen molar-refractivity contribution in [1.82, 2.24) is 0 Å². The number of hydrogen-bond donors (Lipinski definition) is 0. The van der Waals surface area contributed by atoms with Crippen LogP contribution in [0.1, 0.15) is 0 Å². The first-order valence-electron chi connectivity index (χ1n) is 17.8. The third kappa shape index (κ3) is 5.87. The standard InChI is InChI=1S/C50H36N2/c1-6-18-37(19-7-1)48-36-41-34-39-22-16-17-23-40(39)35-47(41)49(38-20-8-2-9-21-38)50(48)52(44-28-14-5-15-29-44)46-32-30-45(31-33-46)51(42-24-10-3-11-25-42)43-26-12-4-13-27-43/h1-36H. The van der Waals surface area contributed by atoms with Gasteiger partial charge in [0, 0.05) is 39.6 Å². The molecule has 9 aromatic carbocycles. The van der Waals surface area contributed by atoms with Crippen LogP contribution in [0, 0.1) is 0 Å². The summed E-state index contributed by atoms with van der Waals surface area (Å²) in [6.45, 7) is 0. The van der Waals surface area contributed by atoms with Crippen LogP contribution in [0.5, 0.6) is 0 Å². The molecule has 0 aliphatic carbocycles. The Hall–Kier alpha value is -6.90. The van der Waals surface area contributed by atoms with Crippen molar-refractivity contribution in [3.8, 4) is 22.3 Å². The van der Waals surface area contributed by atoms with E-state index in [0.717, 1.165) is 34.1 Å². The molecular weight excluding hydrogens is 629 g/mol. The fourth-order valence-electron chi connectivity index (χ4n) is 7.38. The van der Waals surface area contributed by atoms with Crippen molar-refractivity contribution in [2.75, 3.05) is 9.80 Å². The molecule has 0 radical (unpaired) electrons. The van der Waals surface area contributed by atoms with Crippen molar-refractivity contribution >= 4 is 55.7 Å². The highest BCUT2D eigenvalue weighted by Crippen LogP contribution is 2.50. The molecule has 0 heterocycles. The summed E-state index contributed by atoms with van der Waals surface area (Å²) in [5.74, 6) is 0. The molecule has 0 N–H and O–H groups in total. The zero-order chi connectivity index (χ0) is 34.7. The average molecular weight is 665 g/mol. The smallest absolute Gasteiger partial charge is 0.0624 e. The predicted molar refractivity (Wildman–Crippen MR) is 222 cm³/mol. The molecule has 0 aliphatic heterocycles. The summed E-state index contributed by atoms with van der Waals surface area (Å²) in [6.07, 6.45) is 0. The SMILES string of the molecule is c1ccc(-c2cc3cc4ccccc4cc3c(-c3ccccc3)c2N(c2ccccc2)c2ccc(N(c3ccccc3)c3ccccc3)cc2)cc1. The van der Waals surface area contributed by atoms with Gasteiger partial charge < -0.3 is 9.80 Å². The van der Waals surface area contributed by atoms with Gasteiger partial charge in [0.15, 0.2) is 0 Å². The minimum atomic E-state index is 1.07. The summed E-state index contributed by atoms with van der Waals surface area (Å²) >= 11 is 0. The fourth-order valence-corrected chi connectivity index (χ4v) is 7.38. The first kappa shape index (κ1) is 31.1. The van der Waals surface area contributed by atoms with E-state index in [0.29, 0.717) is 0 Å². The lowest BCUT2D eigenvalue weighted by Gasteiger charge is -2.32. The molecule has 0 saturated heterocycles. The largest absolute Gasteiger partial charge is 0.311 e. The summed E-state index contributed by atoms with van der Waals surface area (Å²) in [5.41, 5.74) is 11.3. The van der Waals surface area contributed by atoms with Gasteiger partial charge in [-0.3, -0.25) is 0 Å². The van der Waals surface area contributed by atoms with Gasteiger partial charge in [0.2, 0.25) is 0 Å². The maximum absolute atomic E-state index is 2.44. The van der Waals surface area contributed by atoms with Crippen molar-refractivity contribution < 1.29 is 0 Å². The topological polar surface area (TPSA) is 6.48 Å². The second-order valence-electron chi connectivity index (χ2n) is 13.0. The van der Waals surface area contributed by atoms with E-state index in [4.69, 9.17) is 0 Å². The molecule has 2 heteroatoms. The monoisotopic (exact) mass is 664 g/mol. The summed E-state index contributed by atoms with van der Waals surface area (Å²) < 4.78 is 0. The lowest BCUT2D eigenvalue weighted by atomic mass is 9.88. The van der Waals surface area contributed by atoms with Crippen LogP contribution in [0.2, 0.25) is 0 Å². The molecule has 0 atom stereocenters. The maximum Gasteiger partial charge on any atom is 0.0624 e. The highest BCUT2D eigenvalue weighted by molar-refractivity contribution is 6.14. The minimum absolute atomic E-state index is 1.07. The van der Waals surface area contributed by atoms with E-state index >= 15 is 0 Å². The van der Waals surface area contributed by atoms with Gasteiger partial charge in [-0.05, 0) is 112 Å².